The number of rotatable bonds is 7. The van der Waals surface area contributed by atoms with Crippen LogP contribution in [0, 0.1) is 0 Å². The Bertz CT molecular complexity index is 1040. The van der Waals surface area contributed by atoms with Crippen molar-refractivity contribution in [1.29, 1.82) is 0 Å². The van der Waals surface area contributed by atoms with Crippen LogP contribution in [-0.2, 0) is 17.8 Å². The molecule has 1 aliphatic heterocycles. The predicted molar refractivity (Wildman–Crippen MR) is 118 cm³/mol. The van der Waals surface area contributed by atoms with Gasteiger partial charge in [0.05, 0.1) is 30.5 Å². The number of hydrogen-bond donors (Lipinski definition) is 0. The molecule has 0 saturated carbocycles. The fraction of sp³-hybridized carbons (Fsp3) is 0.348. The van der Waals surface area contributed by atoms with Crippen molar-refractivity contribution in [2.24, 2.45) is 0 Å². The van der Waals surface area contributed by atoms with E-state index < -0.39 is 0 Å². The number of amides is 1. The van der Waals surface area contributed by atoms with E-state index in [-0.39, 0.29) is 17.5 Å². The normalized spacial score (nSPS) is 16.0. The largest absolute Gasteiger partial charge is 0.494 e. The quantitative estimate of drug-likeness (QED) is 0.582. The van der Waals surface area contributed by atoms with Crippen LogP contribution in [0.2, 0.25) is 0 Å². The number of likely N-dealkylation sites (tertiary alicyclic amines) is 1. The van der Waals surface area contributed by atoms with Crippen molar-refractivity contribution < 1.29 is 9.53 Å². The van der Waals surface area contributed by atoms with Gasteiger partial charge in [-0.25, -0.2) is 4.68 Å². The van der Waals surface area contributed by atoms with Crippen molar-refractivity contribution in [3.63, 3.8) is 0 Å². The van der Waals surface area contributed by atoms with Crippen molar-refractivity contribution in [3.8, 4) is 16.3 Å². The Morgan fingerprint density at radius 2 is 2.03 bits per heavy atom. The monoisotopic (exact) mass is 423 g/mol. The SMILES string of the molecule is CCOc1ccc(CC(=O)N2CCC[C@@H]2Cn2nc(-c3cccs3)ccc2=O)cc1. The van der Waals surface area contributed by atoms with E-state index >= 15 is 0 Å². The van der Waals surface area contributed by atoms with E-state index in [4.69, 9.17) is 4.74 Å². The van der Waals surface area contributed by atoms with Gasteiger partial charge in [-0.2, -0.15) is 5.10 Å². The zero-order chi connectivity index (χ0) is 20.9. The molecule has 1 aromatic carbocycles. The van der Waals surface area contributed by atoms with E-state index in [0.29, 0.717) is 19.6 Å². The molecule has 156 valence electrons. The first kappa shape index (κ1) is 20.3. The lowest BCUT2D eigenvalue weighted by atomic mass is 10.1. The maximum atomic E-state index is 13.0. The smallest absolute Gasteiger partial charge is 0.266 e. The minimum atomic E-state index is -0.138. The topological polar surface area (TPSA) is 64.4 Å². The summed E-state index contributed by atoms with van der Waals surface area (Å²) in [6.07, 6.45) is 2.17. The van der Waals surface area contributed by atoms with Crippen molar-refractivity contribution in [2.75, 3.05) is 13.2 Å². The van der Waals surface area contributed by atoms with E-state index in [1.807, 2.05) is 53.6 Å². The second-order valence-electron chi connectivity index (χ2n) is 7.35. The molecule has 1 saturated heterocycles. The standard InChI is InChI=1S/C23H25N3O3S/c1-2-29-19-9-7-17(8-10-19)15-23(28)25-13-3-5-18(25)16-26-22(27)12-11-20(24-26)21-6-4-14-30-21/h4,6-12,14,18H,2-3,5,13,15-16H2,1H3/t18-/m1/s1. The molecule has 3 heterocycles. The number of ether oxygens (including phenoxy) is 1. The lowest BCUT2D eigenvalue weighted by Crippen LogP contribution is -2.41. The maximum absolute atomic E-state index is 13.0. The van der Waals surface area contributed by atoms with Crippen molar-refractivity contribution in [2.45, 2.75) is 38.8 Å². The Balaban J connectivity index is 1.45. The molecule has 4 rings (SSSR count). The lowest BCUT2D eigenvalue weighted by Gasteiger charge is -2.25. The molecule has 0 unspecified atom stereocenters. The van der Waals surface area contributed by atoms with Crippen LogP contribution in [0.3, 0.4) is 0 Å². The van der Waals surface area contributed by atoms with Crippen molar-refractivity contribution in [1.82, 2.24) is 14.7 Å². The first-order chi connectivity index (χ1) is 14.6. The van der Waals surface area contributed by atoms with Crippen LogP contribution < -0.4 is 10.3 Å². The highest BCUT2D eigenvalue weighted by Gasteiger charge is 2.29. The molecule has 0 N–H and O–H groups in total. The molecule has 1 amide bonds. The highest BCUT2D eigenvalue weighted by Crippen LogP contribution is 2.23. The van der Waals surface area contributed by atoms with Crippen molar-refractivity contribution in [3.05, 3.63) is 69.8 Å². The number of benzene rings is 1. The van der Waals surface area contributed by atoms with Gasteiger partial charge in [0.25, 0.3) is 5.56 Å². The highest BCUT2D eigenvalue weighted by molar-refractivity contribution is 7.13. The van der Waals surface area contributed by atoms with E-state index in [1.165, 1.54) is 4.68 Å². The van der Waals surface area contributed by atoms with Crippen LogP contribution in [0.15, 0.2) is 58.7 Å². The molecular formula is C23H25N3O3S. The molecule has 0 bridgehead atoms. The molecule has 3 aromatic rings. The molecule has 1 aliphatic rings. The van der Waals surface area contributed by atoms with Gasteiger partial charge in [0.1, 0.15) is 11.4 Å². The van der Waals surface area contributed by atoms with Crippen LogP contribution in [0.4, 0.5) is 0 Å². The molecule has 2 aromatic heterocycles. The number of aromatic nitrogens is 2. The molecule has 0 spiro atoms. The molecule has 30 heavy (non-hydrogen) atoms. The predicted octanol–water partition coefficient (Wildman–Crippen LogP) is 3.60. The summed E-state index contributed by atoms with van der Waals surface area (Å²) < 4.78 is 6.96. The number of hydrogen-bond acceptors (Lipinski definition) is 5. The van der Waals surface area contributed by atoms with Crippen LogP contribution in [0.1, 0.15) is 25.3 Å². The summed E-state index contributed by atoms with van der Waals surface area (Å²) in [5.41, 5.74) is 1.61. The fourth-order valence-corrected chi connectivity index (χ4v) is 4.53. The Morgan fingerprint density at radius 1 is 1.20 bits per heavy atom. The van der Waals surface area contributed by atoms with Gasteiger partial charge in [-0.15, -0.1) is 11.3 Å². The molecule has 7 heteroatoms. The Kier molecular flexibility index (Phi) is 6.28. The second-order valence-corrected chi connectivity index (χ2v) is 8.30. The Morgan fingerprint density at radius 3 is 2.77 bits per heavy atom. The summed E-state index contributed by atoms with van der Waals surface area (Å²) in [6.45, 7) is 3.71. The molecule has 1 fully saturated rings. The fourth-order valence-electron chi connectivity index (χ4n) is 3.84. The summed E-state index contributed by atoms with van der Waals surface area (Å²) in [5.74, 6) is 0.896. The highest BCUT2D eigenvalue weighted by atomic mass is 32.1. The Hall–Kier alpha value is -2.93. The van der Waals surface area contributed by atoms with Gasteiger partial charge in [0, 0.05) is 12.6 Å². The summed E-state index contributed by atoms with van der Waals surface area (Å²) in [6, 6.07) is 14.9. The van der Waals surface area contributed by atoms with Gasteiger partial charge >= 0.3 is 0 Å². The van der Waals surface area contributed by atoms with E-state index in [2.05, 4.69) is 5.10 Å². The van der Waals surface area contributed by atoms with Crippen molar-refractivity contribution >= 4 is 17.2 Å². The summed E-state index contributed by atoms with van der Waals surface area (Å²) in [5, 5.41) is 6.54. The van der Waals surface area contributed by atoms with Gasteiger partial charge in [-0.05, 0) is 55.0 Å². The third kappa shape index (κ3) is 4.62. The summed E-state index contributed by atoms with van der Waals surface area (Å²) >= 11 is 1.59. The zero-order valence-electron chi connectivity index (χ0n) is 17.0. The maximum Gasteiger partial charge on any atom is 0.266 e. The van der Waals surface area contributed by atoms with Gasteiger partial charge in [-0.3, -0.25) is 9.59 Å². The van der Waals surface area contributed by atoms with E-state index in [1.54, 1.807) is 23.5 Å². The van der Waals surface area contributed by atoms with Crippen LogP contribution in [0.25, 0.3) is 10.6 Å². The average molecular weight is 424 g/mol. The Labute approximate surface area is 179 Å². The van der Waals surface area contributed by atoms with Crippen LogP contribution >= 0.6 is 11.3 Å². The van der Waals surface area contributed by atoms with Gasteiger partial charge in [0.2, 0.25) is 5.91 Å². The average Bonchev–Trinajstić information content (AvgIpc) is 3.43. The number of carbonyl (C=O) groups excluding carboxylic acids is 1. The molecule has 0 radical (unpaired) electrons. The van der Waals surface area contributed by atoms with Gasteiger partial charge in [0.15, 0.2) is 0 Å². The van der Waals surface area contributed by atoms with Crippen LogP contribution in [-0.4, -0.2) is 39.8 Å². The van der Waals surface area contributed by atoms with E-state index in [0.717, 1.165) is 41.3 Å². The molecule has 1 atom stereocenters. The number of thiophene rings is 1. The molecular weight excluding hydrogens is 398 g/mol. The minimum Gasteiger partial charge on any atom is -0.494 e. The summed E-state index contributed by atoms with van der Waals surface area (Å²) in [7, 11) is 0. The second kappa shape index (κ2) is 9.26. The summed E-state index contributed by atoms with van der Waals surface area (Å²) in [4.78, 5) is 28.3. The van der Waals surface area contributed by atoms with Gasteiger partial charge in [-0.1, -0.05) is 18.2 Å². The number of nitrogens with zero attached hydrogens (tertiary/aromatic N) is 3. The number of carbonyl (C=O) groups is 1. The third-order valence-corrected chi connectivity index (χ3v) is 6.20. The van der Waals surface area contributed by atoms with Crippen LogP contribution in [0.5, 0.6) is 5.75 Å². The lowest BCUT2D eigenvalue weighted by molar-refractivity contribution is -0.131. The first-order valence-electron chi connectivity index (χ1n) is 10.3. The minimum absolute atomic E-state index is 0.0102. The first-order valence-corrected chi connectivity index (χ1v) is 11.2. The molecule has 0 aliphatic carbocycles. The molecule has 6 nitrogen and oxygen atoms in total. The third-order valence-electron chi connectivity index (χ3n) is 5.31. The van der Waals surface area contributed by atoms with E-state index in [9.17, 15) is 9.59 Å². The zero-order valence-corrected chi connectivity index (χ0v) is 17.8. The van der Waals surface area contributed by atoms with Gasteiger partial charge < -0.3 is 9.64 Å².